The van der Waals surface area contributed by atoms with E-state index in [-0.39, 0.29) is 16.2 Å². The van der Waals surface area contributed by atoms with Crippen LogP contribution in [-0.2, 0) is 6.54 Å². The molecule has 0 bridgehead atoms. The van der Waals surface area contributed by atoms with Crippen LogP contribution >= 0.6 is 23.8 Å². The lowest BCUT2D eigenvalue weighted by atomic mass is 10.1. The fraction of sp³-hybridized carbons (Fsp3) is 0.150. The van der Waals surface area contributed by atoms with E-state index in [1.807, 2.05) is 0 Å². The molecule has 0 radical (unpaired) electrons. The van der Waals surface area contributed by atoms with Gasteiger partial charge in [-0.25, -0.2) is 0 Å². The van der Waals surface area contributed by atoms with Crippen molar-refractivity contribution in [2.45, 2.75) is 6.54 Å². The second kappa shape index (κ2) is 8.86. The number of fused-ring (bicyclic) bond motifs is 1. The summed E-state index contributed by atoms with van der Waals surface area (Å²) in [6.07, 6.45) is 1.60. The highest BCUT2D eigenvalue weighted by Gasteiger charge is 2.10. The molecule has 0 unspecified atom stereocenters. The molecule has 2 aromatic carbocycles. The average Bonchev–Trinajstić information content (AvgIpc) is 2.68. The number of rotatable bonds is 7. The third-order valence-corrected chi connectivity index (χ3v) is 4.57. The molecule has 0 fully saturated rings. The fourth-order valence-electron chi connectivity index (χ4n) is 2.68. The number of aromatic nitrogens is 2. The number of nitrogens with zero attached hydrogens (tertiary/aromatic N) is 1. The second-order valence-electron chi connectivity index (χ2n) is 5.96. The largest absolute Gasteiger partial charge is 0.492 e. The van der Waals surface area contributed by atoms with Crippen molar-refractivity contribution in [1.29, 1.82) is 0 Å². The third-order valence-electron chi connectivity index (χ3n) is 4.01. The van der Waals surface area contributed by atoms with E-state index in [0.717, 1.165) is 0 Å². The fourth-order valence-corrected chi connectivity index (χ4v) is 3.13. The molecule has 0 aliphatic carbocycles. The molecule has 1 aromatic heterocycles. The summed E-state index contributed by atoms with van der Waals surface area (Å²) in [5.74, 6) is 0.363. The standard InChI is InChI=1S/C20H18ClN3O3S/c1-2-9-24-19(26)16-7-6-13(11-17(16)23-20(24)28)18(25)22-8-10-27-15-5-3-4-14(21)12-15/h2-7,11-12H,1,8-10H2,(H,22,25)(H,23,28). The zero-order chi connectivity index (χ0) is 20.1. The highest BCUT2D eigenvalue weighted by Crippen LogP contribution is 2.16. The number of ether oxygens (including phenoxy) is 1. The first-order chi connectivity index (χ1) is 13.5. The number of amides is 1. The number of carbonyl (C=O) groups excluding carboxylic acids is 1. The van der Waals surface area contributed by atoms with Crippen molar-refractivity contribution in [3.8, 4) is 5.75 Å². The SMILES string of the molecule is C=CCn1c(=S)[nH]c2cc(C(=O)NCCOc3cccc(Cl)c3)ccc2c1=O. The first-order valence-corrected chi connectivity index (χ1v) is 9.32. The predicted octanol–water partition coefficient (Wildman–Crippen LogP) is 3.71. The summed E-state index contributed by atoms with van der Waals surface area (Å²) in [5.41, 5.74) is 0.709. The third kappa shape index (κ3) is 4.49. The van der Waals surface area contributed by atoms with Crippen LogP contribution in [0.2, 0.25) is 5.02 Å². The molecule has 0 aliphatic heterocycles. The molecular formula is C20H18ClN3O3S. The highest BCUT2D eigenvalue weighted by molar-refractivity contribution is 7.71. The quantitative estimate of drug-likeness (QED) is 0.350. The molecule has 2 N–H and O–H groups in total. The maximum Gasteiger partial charge on any atom is 0.262 e. The summed E-state index contributed by atoms with van der Waals surface area (Å²) < 4.78 is 7.24. The Bertz CT molecular complexity index is 1150. The van der Waals surface area contributed by atoms with Crippen LogP contribution in [0.4, 0.5) is 0 Å². The number of aromatic amines is 1. The van der Waals surface area contributed by atoms with E-state index < -0.39 is 0 Å². The normalized spacial score (nSPS) is 10.6. The molecule has 144 valence electrons. The van der Waals surface area contributed by atoms with Crippen LogP contribution in [0.5, 0.6) is 5.75 Å². The number of allylic oxidation sites excluding steroid dienone is 1. The molecule has 0 atom stereocenters. The van der Waals surface area contributed by atoms with Crippen LogP contribution in [0.3, 0.4) is 0 Å². The number of halogens is 1. The Kier molecular flexibility index (Phi) is 6.28. The van der Waals surface area contributed by atoms with E-state index in [1.54, 1.807) is 48.5 Å². The number of H-pyrrole nitrogens is 1. The summed E-state index contributed by atoms with van der Waals surface area (Å²) >= 11 is 11.1. The molecule has 6 nitrogen and oxygen atoms in total. The smallest absolute Gasteiger partial charge is 0.262 e. The first kappa shape index (κ1) is 19.9. The van der Waals surface area contributed by atoms with E-state index in [2.05, 4.69) is 16.9 Å². The van der Waals surface area contributed by atoms with Crippen molar-refractivity contribution in [3.63, 3.8) is 0 Å². The van der Waals surface area contributed by atoms with E-state index in [0.29, 0.717) is 46.9 Å². The molecule has 0 saturated heterocycles. The molecular weight excluding hydrogens is 398 g/mol. The summed E-state index contributed by atoms with van der Waals surface area (Å²) in [7, 11) is 0. The minimum Gasteiger partial charge on any atom is -0.492 e. The van der Waals surface area contributed by atoms with Gasteiger partial charge in [0.25, 0.3) is 11.5 Å². The van der Waals surface area contributed by atoms with Crippen molar-refractivity contribution in [2.75, 3.05) is 13.2 Å². The zero-order valence-electron chi connectivity index (χ0n) is 14.9. The van der Waals surface area contributed by atoms with E-state index in [9.17, 15) is 9.59 Å². The van der Waals surface area contributed by atoms with Crippen LogP contribution < -0.4 is 15.6 Å². The van der Waals surface area contributed by atoms with E-state index in [1.165, 1.54) is 4.57 Å². The van der Waals surface area contributed by atoms with Crippen molar-refractivity contribution in [2.24, 2.45) is 0 Å². The molecule has 3 rings (SSSR count). The Morgan fingerprint density at radius 2 is 2.14 bits per heavy atom. The summed E-state index contributed by atoms with van der Waals surface area (Å²) in [6, 6.07) is 11.9. The Balaban J connectivity index is 1.68. The van der Waals surface area contributed by atoms with Crippen molar-refractivity contribution >= 4 is 40.6 Å². The van der Waals surface area contributed by atoms with Gasteiger partial charge in [0.05, 0.1) is 17.4 Å². The second-order valence-corrected chi connectivity index (χ2v) is 6.78. The van der Waals surface area contributed by atoms with Crippen LogP contribution in [0.25, 0.3) is 10.9 Å². The molecule has 28 heavy (non-hydrogen) atoms. The van der Waals surface area contributed by atoms with Gasteiger partial charge in [-0.15, -0.1) is 6.58 Å². The number of carbonyl (C=O) groups is 1. The highest BCUT2D eigenvalue weighted by atomic mass is 35.5. The molecule has 0 aliphatic rings. The van der Waals surface area contributed by atoms with Gasteiger partial charge in [-0.3, -0.25) is 14.2 Å². The number of hydrogen-bond acceptors (Lipinski definition) is 4. The van der Waals surface area contributed by atoms with E-state index in [4.69, 9.17) is 28.6 Å². The van der Waals surface area contributed by atoms with Crippen LogP contribution in [-0.4, -0.2) is 28.6 Å². The number of nitrogens with one attached hydrogen (secondary N) is 2. The minimum atomic E-state index is -0.272. The van der Waals surface area contributed by atoms with Gasteiger partial charge in [0.1, 0.15) is 12.4 Å². The van der Waals surface area contributed by atoms with Gasteiger partial charge in [0, 0.05) is 17.1 Å². The van der Waals surface area contributed by atoms with Gasteiger partial charge in [0.15, 0.2) is 4.77 Å². The minimum absolute atomic E-state index is 0.222. The molecule has 1 amide bonds. The van der Waals surface area contributed by atoms with Crippen molar-refractivity contribution < 1.29 is 9.53 Å². The van der Waals surface area contributed by atoms with Crippen LogP contribution in [0.15, 0.2) is 59.9 Å². The molecule has 1 heterocycles. The lowest BCUT2D eigenvalue weighted by Crippen LogP contribution is -2.28. The van der Waals surface area contributed by atoms with Crippen LogP contribution in [0, 0.1) is 4.77 Å². The van der Waals surface area contributed by atoms with Crippen LogP contribution in [0.1, 0.15) is 10.4 Å². The van der Waals surface area contributed by atoms with Gasteiger partial charge in [-0.2, -0.15) is 0 Å². The first-order valence-electron chi connectivity index (χ1n) is 8.54. The average molecular weight is 416 g/mol. The lowest BCUT2D eigenvalue weighted by molar-refractivity contribution is 0.0947. The summed E-state index contributed by atoms with van der Waals surface area (Å²) in [6.45, 7) is 4.56. The Morgan fingerprint density at radius 3 is 2.89 bits per heavy atom. The Hall–Kier alpha value is -2.90. The molecule has 3 aromatic rings. The molecule has 0 saturated carbocycles. The van der Waals surface area contributed by atoms with Gasteiger partial charge < -0.3 is 15.0 Å². The number of benzene rings is 2. The topological polar surface area (TPSA) is 76.1 Å². The van der Waals surface area contributed by atoms with Gasteiger partial charge >= 0.3 is 0 Å². The zero-order valence-corrected chi connectivity index (χ0v) is 16.5. The van der Waals surface area contributed by atoms with Gasteiger partial charge in [-0.1, -0.05) is 23.7 Å². The van der Waals surface area contributed by atoms with Gasteiger partial charge in [-0.05, 0) is 48.6 Å². The summed E-state index contributed by atoms with van der Waals surface area (Å²) in [4.78, 5) is 27.8. The maximum atomic E-state index is 12.5. The molecule has 8 heteroatoms. The maximum absolute atomic E-state index is 12.5. The van der Waals surface area contributed by atoms with Gasteiger partial charge in [0.2, 0.25) is 0 Å². The Morgan fingerprint density at radius 1 is 1.32 bits per heavy atom. The molecule has 0 spiro atoms. The van der Waals surface area contributed by atoms with Crippen molar-refractivity contribution in [3.05, 3.63) is 80.8 Å². The summed E-state index contributed by atoms with van der Waals surface area (Å²) in [5, 5.41) is 3.82. The predicted molar refractivity (Wildman–Crippen MR) is 113 cm³/mol. The monoisotopic (exact) mass is 415 g/mol. The van der Waals surface area contributed by atoms with Crippen molar-refractivity contribution in [1.82, 2.24) is 14.9 Å². The van der Waals surface area contributed by atoms with E-state index >= 15 is 0 Å². The lowest BCUT2D eigenvalue weighted by Gasteiger charge is -2.09. The number of hydrogen-bond donors (Lipinski definition) is 2. The Labute approximate surface area is 171 Å².